The van der Waals surface area contributed by atoms with E-state index in [1.165, 1.54) is 0 Å². The largest absolute Gasteiger partial charge is 0.381 e. The predicted octanol–water partition coefficient (Wildman–Crippen LogP) is 3.36. The standard InChI is InChI=1S/C19H21ClN4O2/c1-2-24-11-13-4-3-12(9-15(13)18(24)25)17-16(20)10-21-19(23-17)22-14-5-7-26-8-6-14/h3-4,9-10,14H,2,5-8,11H2,1H3,(H,21,22,23). The molecule has 136 valence electrons. The summed E-state index contributed by atoms with van der Waals surface area (Å²) in [4.78, 5) is 23.2. The number of aromatic nitrogens is 2. The van der Waals surface area contributed by atoms with Crippen LogP contribution in [0.15, 0.2) is 24.4 Å². The van der Waals surface area contributed by atoms with Crippen LogP contribution < -0.4 is 5.32 Å². The smallest absolute Gasteiger partial charge is 0.254 e. The van der Waals surface area contributed by atoms with Crippen molar-refractivity contribution in [3.8, 4) is 11.3 Å². The first-order chi connectivity index (χ1) is 12.7. The van der Waals surface area contributed by atoms with Gasteiger partial charge >= 0.3 is 0 Å². The third-order valence-electron chi connectivity index (χ3n) is 4.94. The molecule has 1 aromatic heterocycles. The number of nitrogens with zero attached hydrogens (tertiary/aromatic N) is 3. The number of hydrogen-bond acceptors (Lipinski definition) is 5. The SMILES string of the molecule is CCN1Cc2ccc(-c3nc(NC4CCOCC4)ncc3Cl)cc2C1=O. The molecule has 0 saturated carbocycles. The Balaban J connectivity index is 1.62. The van der Waals surface area contributed by atoms with Gasteiger partial charge in [0.25, 0.3) is 5.91 Å². The predicted molar refractivity (Wildman–Crippen MR) is 100 cm³/mol. The maximum Gasteiger partial charge on any atom is 0.254 e. The van der Waals surface area contributed by atoms with Gasteiger partial charge in [-0.05, 0) is 31.4 Å². The lowest BCUT2D eigenvalue weighted by Gasteiger charge is -2.23. The summed E-state index contributed by atoms with van der Waals surface area (Å²) in [7, 11) is 0. The maximum absolute atomic E-state index is 12.5. The lowest BCUT2D eigenvalue weighted by Crippen LogP contribution is -2.28. The minimum Gasteiger partial charge on any atom is -0.381 e. The van der Waals surface area contributed by atoms with Crippen molar-refractivity contribution in [3.05, 3.63) is 40.5 Å². The van der Waals surface area contributed by atoms with E-state index < -0.39 is 0 Å². The minimum absolute atomic E-state index is 0.0649. The molecule has 0 atom stereocenters. The Labute approximate surface area is 157 Å². The van der Waals surface area contributed by atoms with Crippen LogP contribution in [0.2, 0.25) is 5.02 Å². The topological polar surface area (TPSA) is 67.3 Å². The number of rotatable bonds is 4. The first-order valence-corrected chi connectivity index (χ1v) is 9.33. The highest BCUT2D eigenvalue weighted by Crippen LogP contribution is 2.31. The Bertz CT molecular complexity index is 836. The first-order valence-electron chi connectivity index (χ1n) is 8.95. The number of fused-ring (bicyclic) bond motifs is 1. The Morgan fingerprint density at radius 3 is 2.92 bits per heavy atom. The number of ether oxygens (including phenoxy) is 1. The highest BCUT2D eigenvalue weighted by atomic mass is 35.5. The van der Waals surface area contributed by atoms with Crippen LogP contribution in [0.5, 0.6) is 0 Å². The normalized spacial score (nSPS) is 17.5. The van der Waals surface area contributed by atoms with Gasteiger partial charge in [0.15, 0.2) is 0 Å². The second-order valence-corrected chi connectivity index (χ2v) is 7.02. The van der Waals surface area contributed by atoms with Gasteiger partial charge in [-0.15, -0.1) is 0 Å². The summed E-state index contributed by atoms with van der Waals surface area (Å²) in [5.74, 6) is 0.619. The van der Waals surface area contributed by atoms with Crippen molar-refractivity contribution >= 4 is 23.5 Å². The fourth-order valence-corrected chi connectivity index (χ4v) is 3.63. The summed E-state index contributed by atoms with van der Waals surface area (Å²) >= 11 is 6.35. The van der Waals surface area contributed by atoms with Gasteiger partial charge in [0, 0.05) is 43.5 Å². The van der Waals surface area contributed by atoms with Gasteiger partial charge in [-0.1, -0.05) is 23.7 Å². The second kappa shape index (κ2) is 7.21. The lowest BCUT2D eigenvalue weighted by atomic mass is 10.0. The fourth-order valence-electron chi connectivity index (χ4n) is 3.43. The third kappa shape index (κ3) is 3.27. The fraction of sp³-hybridized carbons (Fsp3) is 0.421. The molecule has 26 heavy (non-hydrogen) atoms. The molecule has 1 N–H and O–H groups in total. The Morgan fingerprint density at radius 1 is 1.35 bits per heavy atom. The van der Waals surface area contributed by atoms with Crippen molar-refractivity contribution in [2.24, 2.45) is 0 Å². The molecule has 0 aliphatic carbocycles. The molecule has 0 radical (unpaired) electrons. The van der Waals surface area contributed by atoms with Crippen molar-refractivity contribution < 1.29 is 9.53 Å². The van der Waals surface area contributed by atoms with Gasteiger partial charge in [0.1, 0.15) is 0 Å². The molecule has 1 saturated heterocycles. The highest BCUT2D eigenvalue weighted by molar-refractivity contribution is 6.33. The Morgan fingerprint density at radius 2 is 2.15 bits per heavy atom. The summed E-state index contributed by atoms with van der Waals surface area (Å²) in [6, 6.07) is 6.15. The van der Waals surface area contributed by atoms with E-state index in [1.807, 2.05) is 30.0 Å². The molecule has 1 fully saturated rings. The second-order valence-electron chi connectivity index (χ2n) is 6.61. The van der Waals surface area contributed by atoms with Gasteiger partial charge in [0.2, 0.25) is 5.95 Å². The molecule has 0 spiro atoms. The number of carbonyl (C=O) groups excluding carboxylic acids is 1. The first kappa shape index (κ1) is 17.2. The monoisotopic (exact) mass is 372 g/mol. The summed E-state index contributed by atoms with van der Waals surface area (Å²) in [6.45, 7) is 4.85. The maximum atomic E-state index is 12.5. The number of carbonyl (C=O) groups is 1. The molecule has 3 heterocycles. The van der Waals surface area contributed by atoms with Crippen LogP contribution in [0.4, 0.5) is 5.95 Å². The van der Waals surface area contributed by atoms with E-state index in [4.69, 9.17) is 16.3 Å². The van der Waals surface area contributed by atoms with Gasteiger partial charge in [-0.2, -0.15) is 0 Å². The van der Waals surface area contributed by atoms with Crippen molar-refractivity contribution in [2.45, 2.75) is 32.4 Å². The average molecular weight is 373 g/mol. The van der Waals surface area contributed by atoms with Crippen LogP contribution in [-0.2, 0) is 11.3 Å². The van der Waals surface area contributed by atoms with E-state index in [0.29, 0.717) is 35.8 Å². The summed E-state index contributed by atoms with van der Waals surface area (Å²) in [5.41, 5.74) is 3.25. The van der Waals surface area contributed by atoms with Crippen molar-refractivity contribution in [3.63, 3.8) is 0 Å². The van der Waals surface area contributed by atoms with Gasteiger partial charge < -0.3 is 15.0 Å². The quantitative estimate of drug-likeness (QED) is 0.891. The molecule has 2 aromatic rings. The van der Waals surface area contributed by atoms with Gasteiger partial charge in [-0.3, -0.25) is 4.79 Å². The lowest BCUT2D eigenvalue weighted by molar-refractivity contribution is 0.0787. The van der Waals surface area contributed by atoms with Crippen molar-refractivity contribution in [1.82, 2.24) is 14.9 Å². The highest BCUT2D eigenvalue weighted by Gasteiger charge is 2.26. The van der Waals surface area contributed by atoms with E-state index in [9.17, 15) is 4.79 Å². The van der Waals surface area contributed by atoms with Crippen LogP contribution in [0.3, 0.4) is 0 Å². The molecule has 1 aromatic carbocycles. The van der Waals surface area contributed by atoms with Crippen LogP contribution in [-0.4, -0.2) is 46.6 Å². The Kier molecular flexibility index (Phi) is 4.78. The molecule has 6 nitrogen and oxygen atoms in total. The molecule has 4 rings (SSSR count). The molecule has 7 heteroatoms. The van der Waals surface area contributed by atoms with Crippen molar-refractivity contribution in [2.75, 3.05) is 25.1 Å². The molecule has 1 amide bonds. The van der Waals surface area contributed by atoms with Crippen molar-refractivity contribution in [1.29, 1.82) is 0 Å². The molecular weight excluding hydrogens is 352 g/mol. The molecule has 2 aliphatic heterocycles. The third-order valence-corrected chi connectivity index (χ3v) is 5.22. The number of halogens is 1. The number of hydrogen-bond donors (Lipinski definition) is 1. The zero-order valence-electron chi connectivity index (χ0n) is 14.7. The van der Waals surface area contributed by atoms with E-state index in [-0.39, 0.29) is 5.91 Å². The van der Waals surface area contributed by atoms with Gasteiger partial charge in [0.05, 0.1) is 16.9 Å². The number of anilines is 1. The Hall–Kier alpha value is -2.18. The minimum atomic E-state index is 0.0649. The van der Waals surface area contributed by atoms with Gasteiger partial charge in [-0.25, -0.2) is 9.97 Å². The summed E-state index contributed by atoms with van der Waals surface area (Å²) in [5, 5.41) is 3.83. The molecule has 2 aliphatic rings. The van der Waals surface area contributed by atoms with E-state index in [2.05, 4.69) is 15.3 Å². The van der Waals surface area contributed by atoms with E-state index in [0.717, 1.165) is 42.7 Å². The zero-order chi connectivity index (χ0) is 18.1. The average Bonchev–Trinajstić information content (AvgIpc) is 2.99. The number of nitrogens with one attached hydrogen (secondary N) is 1. The zero-order valence-corrected chi connectivity index (χ0v) is 15.4. The summed E-state index contributed by atoms with van der Waals surface area (Å²) < 4.78 is 5.38. The number of benzene rings is 1. The van der Waals surface area contributed by atoms with Crippen LogP contribution >= 0.6 is 11.6 Å². The van der Waals surface area contributed by atoms with Crippen LogP contribution in [0.1, 0.15) is 35.7 Å². The number of amides is 1. The molecule has 0 bridgehead atoms. The van der Waals surface area contributed by atoms with Crippen LogP contribution in [0.25, 0.3) is 11.3 Å². The van der Waals surface area contributed by atoms with Crippen LogP contribution in [0, 0.1) is 0 Å². The molecular formula is C19H21ClN4O2. The van der Waals surface area contributed by atoms with E-state index >= 15 is 0 Å². The van der Waals surface area contributed by atoms with E-state index in [1.54, 1.807) is 6.20 Å². The summed E-state index contributed by atoms with van der Waals surface area (Å²) in [6.07, 6.45) is 3.47. The molecule has 0 unspecified atom stereocenters.